The molecule has 3 rings (SSSR count). The molecule has 0 radical (unpaired) electrons. The topological polar surface area (TPSA) is 43.6 Å². The van der Waals surface area contributed by atoms with E-state index in [1.807, 2.05) is 24.3 Å². The number of hydrogen-bond acceptors (Lipinski definition) is 4. The summed E-state index contributed by atoms with van der Waals surface area (Å²) in [4.78, 5) is 3.95. The first-order valence-corrected chi connectivity index (χ1v) is 6.87. The van der Waals surface area contributed by atoms with Crippen molar-refractivity contribution in [2.75, 3.05) is 0 Å². The van der Waals surface area contributed by atoms with Crippen LogP contribution in [0.1, 0.15) is 12.4 Å². The quantitative estimate of drug-likeness (QED) is 0.690. The lowest BCUT2D eigenvalue weighted by Gasteiger charge is -2.06. The van der Waals surface area contributed by atoms with Gasteiger partial charge in [-0.05, 0) is 0 Å². The van der Waals surface area contributed by atoms with Crippen LogP contribution >= 0.6 is 11.8 Å². The fourth-order valence-electron chi connectivity index (χ4n) is 1.87. The summed E-state index contributed by atoms with van der Waals surface area (Å²) < 4.78 is 26.3. The van der Waals surface area contributed by atoms with Crippen LogP contribution in [0.3, 0.4) is 0 Å². The number of hydrogen-bond donors (Lipinski definition) is 0. The van der Waals surface area contributed by atoms with Crippen LogP contribution < -0.4 is 0 Å². The average molecular weight is 292 g/mol. The number of benzene rings is 1. The zero-order valence-corrected chi connectivity index (χ0v) is 11.1. The zero-order valence-electron chi connectivity index (χ0n) is 10.3. The van der Waals surface area contributed by atoms with E-state index in [1.165, 1.54) is 24.2 Å². The van der Waals surface area contributed by atoms with Gasteiger partial charge in [-0.25, -0.2) is 4.98 Å². The van der Waals surface area contributed by atoms with Gasteiger partial charge in [-0.1, -0.05) is 36.0 Å². The highest BCUT2D eigenvalue weighted by Gasteiger charge is 2.12. The number of thioether (sulfide) groups is 1. The maximum Gasteiger partial charge on any atom is 0.319 e. The molecule has 0 unspecified atom stereocenters. The van der Waals surface area contributed by atoms with Crippen LogP contribution in [0.5, 0.6) is 0 Å². The fourth-order valence-corrected chi connectivity index (χ4v) is 2.81. The maximum absolute atomic E-state index is 12.7. The summed E-state index contributed by atoms with van der Waals surface area (Å²) >= 11 is 1.35. The van der Waals surface area contributed by atoms with Gasteiger partial charge in [0, 0.05) is 23.2 Å². The Labute approximate surface area is 117 Å². The summed E-state index contributed by atoms with van der Waals surface area (Å²) in [6.07, 6.45) is 4.33. The largest absolute Gasteiger partial charge is 0.319 e. The monoisotopic (exact) mass is 292 g/mol. The third-order valence-corrected chi connectivity index (χ3v) is 3.81. The van der Waals surface area contributed by atoms with Gasteiger partial charge in [0.2, 0.25) is 0 Å². The van der Waals surface area contributed by atoms with Gasteiger partial charge in [0.15, 0.2) is 0 Å². The van der Waals surface area contributed by atoms with E-state index in [1.54, 1.807) is 6.20 Å². The molecule has 0 saturated heterocycles. The minimum Gasteiger partial charge on any atom is -0.277 e. The molecule has 0 spiro atoms. The van der Waals surface area contributed by atoms with E-state index in [2.05, 4.69) is 15.2 Å². The van der Waals surface area contributed by atoms with Gasteiger partial charge >= 0.3 is 6.55 Å². The Morgan fingerprint density at radius 1 is 1.25 bits per heavy atom. The molecular weight excluding hydrogens is 282 g/mol. The van der Waals surface area contributed by atoms with Crippen LogP contribution in [-0.2, 0) is 5.75 Å². The van der Waals surface area contributed by atoms with Crippen LogP contribution in [0, 0.1) is 0 Å². The highest BCUT2D eigenvalue weighted by molar-refractivity contribution is 7.98. The Balaban J connectivity index is 1.85. The van der Waals surface area contributed by atoms with Gasteiger partial charge in [0.05, 0.1) is 11.9 Å². The van der Waals surface area contributed by atoms with Crippen molar-refractivity contribution in [2.45, 2.75) is 17.3 Å². The standard InChI is InChI=1S/C13H10F2N4S/c14-13(15)19-6-5-16-11(19)8-20-12-10-4-2-1-3-9(10)7-17-18-12/h1-7,13H,8H2. The predicted molar refractivity (Wildman–Crippen MR) is 72.6 cm³/mol. The molecule has 1 aromatic carbocycles. The minimum absolute atomic E-state index is 0.319. The third-order valence-electron chi connectivity index (χ3n) is 2.83. The van der Waals surface area contributed by atoms with Crippen molar-refractivity contribution < 1.29 is 8.78 Å². The average Bonchev–Trinajstić information content (AvgIpc) is 2.93. The molecule has 0 saturated carbocycles. The van der Waals surface area contributed by atoms with Crippen LogP contribution in [0.25, 0.3) is 10.8 Å². The second-order valence-electron chi connectivity index (χ2n) is 4.05. The van der Waals surface area contributed by atoms with Gasteiger partial charge < -0.3 is 0 Å². The first-order valence-electron chi connectivity index (χ1n) is 5.89. The van der Waals surface area contributed by atoms with Crippen molar-refractivity contribution in [1.82, 2.24) is 19.7 Å². The molecule has 0 fully saturated rings. The summed E-state index contributed by atoms with van der Waals surface area (Å²) in [5, 5.41) is 10.6. The second-order valence-corrected chi connectivity index (χ2v) is 5.02. The van der Waals surface area contributed by atoms with Crippen molar-refractivity contribution in [1.29, 1.82) is 0 Å². The summed E-state index contributed by atoms with van der Waals surface area (Å²) in [5.74, 6) is 0.639. The fraction of sp³-hybridized carbons (Fsp3) is 0.154. The number of imidazole rings is 1. The SMILES string of the molecule is FC(F)n1ccnc1CSc1nncc2ccccc12. The molecule has 0 N–H and O–H groups in total. The van der Waals surface area contributed by atoms with E-state index >= 15 is 0 Å². The molecule has 2 heterocycles. The number of rotatable bonds is 4. The van der Waals surface area contributed by atoms with E-state index in [9.17, 15) is 8.78 Å². The van der Waals surface area contributed by atoms with E-state index in [0.29, 0.717) is 16.6 Å². The van der Waals surface area contributed by atoms with Crippen molar-refractivity contribution >= 4 is 22.5 Å². The summed E-state index contributed by atoms with van der Waals surface area (Å²) in [7, 11) is 0. The summed E-state index contributed by atoms with van der Waals surface area (Å²) in [6.45, 7) is -2.58. The maximum atomic E-state index is 12.7. The molecule has 0 aliphatic rings. The van der Waals surface area contributed by atoms with Gasteiger partial charge in [0.1, 0.15) is 10.9 Å². The molecule has 0 bridgehead atoms. The Hall–Kier alpha value is -2.02. The van der Waals surface area contributed by atoms with Crippen LogP contribution in [0.15, 0.2) is 47.9 Å². The van der Waals surface area contributed by atoms with E-state index in [-0.39, 0.29) is 0 Å². The molecule has 4 nitrogen and oxygen atoms in total. The van der Waals surface area contributed by atoms with Gasteiger partial charge in [-0.2, -0.15) is 13.9 Å². The van der Waals surface area contributed by atoms with Crippen molar-refractivity contribution in [2.24, 2.45) is 0 Å². The molecule has 7 heteroatoms. The Morgan fingerprint density at radius 3 is 2.95 bits per heavy atom. The lowest BCUT2D eigenvalue weighted by molar-refractivity contribution is 0.0678. The van der Waals surface area contributed by atoms with E-state index in [4.69, 9.17) is 0 Å². The molecule has 20 heavy (non-hydrogen) atoms. The predicted octanol–water partition coefficient (Wildman–Crippen LogP) is 3.51. The Morgan fingerprint density at radius 2 is 2.10 bits per heavy atom. The first kappa shape index (κ1) is 13.0. The van der Waals surface area contributed by atoms with Crippen LogP contribution in [0.2, 0.25) is 0 Å². The van der Waals surface area contributed by atoms with Gasteiger partial charge in [-0.3, -0.25) is 4.57 Å². The van der Waals surface area contributed by atoms with Crippen LogP contribution in [-0.4, -0.2) is 19.7 Å². The normalized spacial score (nSPS) is 11.3. The molecule has 3 aromatic rings. The van der Waals surface area contributed by atoms with E-state index in [0.717, 1.165) is 15.3 Å². The number of alkyl halides is 2. The number of fused-ring (bicyclic) bond motifs is 1. The Kier molecular flexibility index (Phi) is 3.60. The lowest BCUT2D eigenvalue weighted by Crippen LogP contribution is -2.02. The van der Waals surface area contributed by atoms with Gasteiger partial charge in [0.25, 0.3) is 0 Å². The van der Waals surface area contributed by atoms with Crippen LogP contribution in [0.4, 0.5) is 8.78 Å². The smallest absolute Gasteiger partial charge is 0.277 e. The molecule has 0 aliphatic carbocycles. The van der Waals surface area contributed by atoms with Crippen molar-refractivity contribution in [3.63, 3.8) is 0 Å². The minimum atomic E-state index is -2.58. The highest BCUT2D eigenvalue weighted by atomic mass is 32.2. The van der Waals surface area contributed by atoms with Crippen molar-refractivity contribution in [3.05, 3.63) is 48.7 Å². The molecular formula is C13H10F2N4S. The Bertz CT molecular complexity index is 724. The number of halogens is 2. The van der Waals surface area contributed by atoms with E-state index < -0.39 is 6.55 Å². The molecule has 102 valence electrons. The lowest BCUT2D eigenvalue weighted by atomic mass is 10.2. The van der Waals surface area contributed by atoms with Crippen molar-refractivity contribution in [3.8, 4) is 0 Å². The number of aromatic nitrogens is 4. The molecule has 0 atom stereocenters. The molecule has 0 amide bonds. The third kappa shape index (κ3) is 2.49. The number of nitrogens with zero attached hydrogens (tertiary/aromatic N) is 4. The summed E-state index contributed by atoms with van der Waals surface area (Å²) in [6, 6.07) is 7.70. The second kappa shape index (κ2) is 5.54. The van der Waals surface area contributed by atoms with Gasteiger partial charge in [-0.15, -0.1) is 5.10 Å². The zero-order chi connectivity index (χ0) is 13.9. The highest BCUT2D eigenvalue weighted by Crippen LogP contribution is 2.27. The molecule has 2 aromatic heterocycles. The summed E-state index contributed by atoms with van der Waals surface area (Å²) in [5.41, 5.74) is 0. The molecule has 0 aliphatic heterocycles. The first-order chi connectivity index (χ1) is 9.75.